The molecule has 13 nitrogen and oxygen atoms in total. The van der Waals surface area contributed by atoms with Crippen LogP contribution >= 0.6 is 0 Å². The molecule has 2 atom stereocenters. The highest BCUT2D eigenvalue weighted by Gasteiger charge is 2.24. The van der Waals surface area contributed by atoms with Gasteiger partial charge in [0.2, 0.25) is 17.7 Å². The maximum atomic E-state index is 12.5. The molecule has 0 aliphatic carbocycles. The number of nitrogens with one attached hydrogen (secondary N) is 4. The smallest absolute Gasteiger partial charge is 0.407 e. The molecule has 0 aliphatic heterocycles. The van der Waals surface area contributed by atoms with E-state index in [1.165, 1.54) is 0 Å². The number of carbonyl (C=O) groups excluding carboxylic acids is 5. The van der Waals surface area contributed by atoms with Gasteiger partial charge in [-0.05, 0) is 60.8 Å². The van der Waals surface area contributed by atoms with E-state index in [9.17, 15) is 24.0 Å². The topological polar surface area (TPSA) is 204 Å². The Morgan fingerprint density at radius 1 is 0.743 bits per heavy atom. The van der Waals surface area contributed by atoms with E-state index in [4.69, 9.17) is 20.9 Å². The summed E-state index contributed by atoms with van der Waals surface area (Å²) in [4.78, 5) is 59.4. The van der Waals surface area contributed by atoms with E-state index in [2.05, 4.69) is 21.3 Å². The summed E-state index contributed by atoms with van der Waals surface area (Å²) in [5.41, 5.74) is 9.80. The van der Waals surface area contributed by atoms with Gasteiger partial charge in [-0.1, -0.05) is 0 Å². The minimum absolute atomic E-state index is 0.0146. The zero-order chi connectivity index (χ0) is 27.2. The van der Waals surface area contributed by atoms with E-state index < -0.39 is 53.2 Å². The third kappa shape index (κ3) is 18.0. The van der Waals surface area contributed by atoms with Crippen LogP contribution < -0.4 is 32.7 Å². The average molecular weight is 503 g/mol. The number of nitrogens with two attached hydrogens (primary N) is 2. The average Bonchev–Trinajstić information content (AvgIpc) is 2.68. The molecule has 0 radical (unpaired) electrons. The van der Waals surface area contributed by atoms with Gasteiger partial charge < -0.3 is 42.2 Å². The summed E-state index contributed by atoms with van der Waals surface area (Å²) in [6.45, 7) is 10.8. The molecule has 0 bridgehead atoms. The number of alkyl carbamates (subject to hydrolysis) is 2. The fourth-order valence-electron chi connectivity index (χ4n) is 2.58. The molecule has 0 aromatic carbocycles. The van der Waals surface area contributed by atoms with E-state index in [0.717, 1.165) is 0 Å². The number of hydrogen-bond acceptors (Lipinski definition) is 8. The van der Waals surface area contributed by atoms with E-state index >= 15 is 0 Å². The number of carbonyl (C=O) groups is 5. The molecule has 0 saturated carbocycles. The molecule has 0 spiro atoms. The Morgan fingerprint density at radius 3 is 1.71 bits per heavy atom. The standard InChI is InChI=1S/C22H42N6O7/c1-21(2,3)34-19(32)26-11-7-8-14(23)17(30)28-15(9-10-16(24)29)18(31)25-12-13-27-20(33)35-22(4,5)6/h14-15H,7-13,23H2,1-6H3,(H2,24,29)(H,25,31)(H,26,32)(H,27,33)(H,28,30)/t14-,15-/m1/s1. The van der Waals surface area contributed by atoms with E-state index in [1.807, 2.05) is 0 Å². The molecule has 0 unspecified atom stereocenters. The first-order valence-electron chi connectivity index (χ1n) is 11.6. The van der Waals surface area contributed by atoms with Gasteiger partial charge in [0, 0.05) is 26.1 Å². The molecule has 0 aromatic rings. The molecular weight excluding hydrogens is 460 g/mol. The SMILES string of the molecule is CC(C)(C)OC(=O)NCCC[C@@H](N)C(=O)N[C@H](CCC(N)=O)C(=O)NCCNC(=O)OC(C)(C)C. The predicted molar refractivity (Wildman–Crippen MR) is 129 cm³/mol. The van der Waals surface area contributed by atoms with Crippen LogP contribution in [0.2, 0.25) is 0 Å². The molecule has 8 N–H and O–H groups in total. The quantitative estimate of drug-likeness (QED) is 0.189. The second-order valence-corrected chi connectivity index (χ2v) is 9.96. The van der Waals surface area contributed by atoms with Crippen molar-refractivity contribution >= 4 is 29.9 Å². The molecule has 0 saturated heterocycles. The van der Waals surface area contributed by atoms with Crippen molar-refractivity contribution < 1.29 is 33.4 Å². The molecule has 0 aliphatic rings. The van der Waals surface area contributed by atoms with Crippen molar-refractivity contribution in [3.63, 3.8) is 0 Å². The van der Waals surface area contributed by atoms with Crippen molar-refractivity contribution in [2.24, 2.45) is 11.5 Å². The molecule has 0 aromatic heterocycles. The van der Waals surface area contributed by atoms with Gasteiger partial charge in [-0.2, -0.15) is 0 Å². The summed E-state index contributed by atoms with van der Waals surface area (Å²) in [5.74, 6) is -1.76. The lowest BCUT2D eigenvalue weighted by atomic mass is 10.1. The number of hydrogen-bond donors (Lipinski definition) is 6. The first kappa shape index (κ1) is 31.9. The second kappa shape index (κ2) is 15.0. The van der Waals surface area contributed by atoms with Gasteiger partial charge in [0.1, 0.15) is 17.2 Å². The van der Waals surface area contributed by atoms with Gasteiger partial charge in [0.15, 0.2) is 0 Å². The largest absolute Gasteiger partial charge is 0.444 e. The minimum atomic E-state index is -1.04. The van der Waals surface area contributed by atoms with Crippen molar-refractivity contribution in [1.82, 2.24) is 21.3 Å². The highest BCUT2D eigenvalue weighted by Crippen LogP contribution is 2.07. The monoisotopic (exact) mass is 502 g/mol. The van der Waals surface area contributed by atoms with Crippen LogP contribution in [-0.4, -0.2) is 72.8 Å². The van der Waals surface area contributed by atoms with Crippen LogP contribution in [0.25, 0.3) is 0 Å². The van der Waals surface area contributed by atoms with Crippen LogP contribution in [0.1, 0.15) is 67.2 Å². The normalized spacial score (nSPS) is 13.1. The van der Waals surface area contributed by atoms with Crippen LogP contribution in [0.5, 0.6) is 0 Å². The third-order valence-electron chi connectivity index (χ3n) is 4.10. The van der Waals surface area contributed by atoms with Crippen LogP contribution in [-0.2, 0) is 23.9 Å². The molecule has 202 valence electrons. The summed E-state index contributed by atoms with van der Waals surface area (Å²) in [5, 5.41) is 10.2. The zero-order valence-electron chi connectivity index (χ0n) is 21.6. The second-order valence-electron chi connectivity index (χ2n) is 9.96. The molecular formula is C22H42N6O7. The molecule has 0 fully saturated rings. The van der Waals surface area contributed by atoms with E-state index in [0.29, 0.717) is 6.42 Å². The summed E-state index contributed by atoms with van der Waals surface area (Å²) in [7, 11) is 0. The zero-order valence-corrected chi connectivity index (χ0v) is 21.6. The summed E-state index contributed by atoms with van der Waals surface area (Å²) in [6, 6.07) is -1.98. The van der Waals surface area contributed by atoms with Crippen molar-refractivity contribution in [2.75, 3.05) is 19.6 Å². The van der Waals surface area contributed by atoms with Crippen LogP contribution in [0, 0.1) is 0 Å². The number of amides is 5. The van der Waals surface area contributed by atoms with Gasteiger partial charge >= 0.3 is 12.2 Å². The Morgan fingerprint density at radius 2 is 1.23 bits per heavy atom. The van der Waals surface area contributed by atoms with Gasteiger partial charge in [-0.3, -0.25) is 14.4 Å². The first-order valence-corrected chi connectivity index (χ1v) is 11.6. The minimum Gasteiger partial charge on any atom is -0.444 e. The Hall–Kier alpha value is -3.09. The number of primary amides is 1. The highest BCUT2D eigenvalue weighted by molar-refractivity contribution is 5.90. The lowest BCUT2D eigenvalue weighted by molar-refractivity contribution is -0.130. The molecule has 13 heteroatoms. The number of rotatable bonds is 13. The summed E-state index contributed by atoms with van der Waals surface area (Å²) >= 11 is 0. The highest BCUT2D eigenvalue weighted by atomic mass is 16.6. The van der Waals surface area contributed by atoms with Crippen molar-refractivity contribution in [1.29, 1.82) is 0 Å². The molecule has 0 rings (SSSR count). The third-order valence-corrected chi connectivity index (χ3v) is 4.10. The maximum Gasteiger partial charge on any atom is 0.407 e. The first-order chi connectivity index (χ1) is 16.0. The maximum absolute atomic E-state index is 12.5. The Kier molecular flexibility index (Phi) is 13.7. The molecule has 0 heterocycles. The van der Waals surface area contributed by atoms with Crippen LogP contribution in [0.3, 0.4) is 0 Å². The van der Waals surface area contributed by atoms with E-state index in [1.54, 1.807) is 41.5 Å². The van der Waals surface area contributed by atoms with Crippen molar-refractivity contribution in [3.8, 4) is 0 Å². The molecule has 5 amide bonds. The fraction of sp³-hybridized carbons (Fsp3) is 0.773. The Balaban J connectivity index is 4.57. The van der Waals surface area contributed by atoms with Gasteiger partial charge in [0.25, 0.3) is 0 Å². The van der Waals surface area contributed by atoms with Crippen molar-refractivity contribution in [2.45, 2.75) is 90.5 Å². The predicted octanol–water partition coefficient (Wildman–Crippen LogP) is 0.00980. The van der Waals surface area contributed by atoms with Crippen LogP contribution in [0.4, 0.5) is 9.59 Å². The van der Waals surface area contributed by atoms with Gasteiger partial charge in [0.05, 0.1) is 6.04 Å². The van der Waals surface area contributed by atoms with Gasteiger partial charge in [-0.15, -0.1) is 0 Å². The number of ether oxygens (including phenoxy) is 2. The lowest BCUT2D eigenvalue weighted by Gasteiger charge is -2.21. The van der Waals surface area contributed by atoms with E-state index in [-0.39, 0.29) is 38.9 Å². The summed E-state index contributed by atoms with van der Waals surface area (Å²) < 4.78 is 10.2. The van der Waals surface area contributed by atoms with Crippen molar-refractivity contribution in [3.05, 3.63) is 0 Å². The fourth-order valence-corrected chi connectivity index (χ4v) is 2.58. The summed E-state index contributed by atoms with van der Waals surface area (Å²) in [6.07, 6.45) is -0.686. The molecule has 35 heavy (non-hydrogen) atoms. The van der Waals surface area contributed by atoms with Gasteiger partial charge in [-0.25, -0.2) is 9.59 Å². The Labute approximate surface area is 206 Å². The van der Waals surface area contributed by atoms with Crippen LogP contribution in [0.15, 0.2) is 0 Å². The Bertz CT molecular complexity index is 731. The lowest BCUT2D eigenvalue weighted by Crippen LogP contribution is -2.52.